The van der Waals surface area contributed by atoms with E-state index >= 15 is 0 Å². The Kier molecular flexibility index (Phi) is 9.28. The van der Waals surface area contributed by atoms with Crippen LogP contribution in [0.15, 0.2) is 76.9 Å². The number of hydrogen-bond acceptors (Lipinski definition) is 14. The Balaban J connectivity index is 1.33. The number of ether oxygens (including phenoxy) is 1. The Morgan fingerprint density at radius 2 is 1.74 bits per heavy atom. The van der Waals surface area contributed by atoms with Crippen LogP contribution < -0.4 is 16.4 Å². The van der Waals surface area contributed by atoms with Crippen molar-refractivity contribution in [3.05, 3.63) is 93.6 Å². The van der Waals surface area contributed by atoms with Crippen molar-refractivity contribution >= 4 is 79.7 Å². The summed E-state index contributed by atoms with van der Waals surface area (Å²) >= 11 is 3.51. The Hall–Kier alpha value is -5.13. The fourth-order valence-corrected chi connectivity index (χ4v) is 7.79. The Bertz CT molecular complexity index is 1860. The van der Waals surface area contributed by atoms with Crippen LogP contribution in [0, 0.1) is 0 Å². The number of nitrogens with one attached hydrogen (secondary N) is 2. The molecule has 17 heteroatoms. The average Bonchev–Trinajstić information content (AvgIpc) is 3.73. The third kappa shape index (κ3) is 6.58. The molecule has 4 heterocycles. The monoisotopic (exact) mass is 690 g/mol. The molecule has 3 amide bonds. The second kappa shape index (κ2) is 13.7. The predicted molar refractivity (Wildman–Crippen MR) is 177 cm³/mol. The molecule has 2 aliphatic heterocycles. The molecule has 0 spiro atoms. The van der Waals surface area contributed by atoms with E-state index in [1.165, 1.54) is 30.7 Å². The maximum absolute atomic E-state index is 14.2. The molecule has 1 saturated heterocycles. The molecule has 4 aromatic rings. The maximum atomic E-state index is 14.2. The predicted octanol–water partition coefficient (Wildman–Crippen LogP) is 3.03. The smallest absolute Gasteiger partial charge is 0.356 e. The van der Waals surface area contributed by atoms with Crippen molar-refractivity contribution in [1.82, 2.24) is 25.4 Å². The van der Waals surface area contributed by atoms with Crippen molar-refractivity contribution in [2.75, 3.05) is 23.9 Å². The van der Waals surface area contributed by atoms with E-state index in [4.69, 9.17) is 15.3 Å². The van der Waals surface area contributed by atoms with Gasteiger partial charge in [-0.2, -0.15) is 0 Å². The summed E-state index contributed by atoms with van der Waals surface area (Å²) in [6.07, 6.45) is -0.790. The van der Waals surface area contributed by atoms with Gasteiger partial charge < -0.3 is 25.9 Å². The second-order valence-electron chi connectivity index (χ2n) is 10.1. The number of nitrogen functional groups attached to an aromatic ring is 1. The molecule has 0 saturated carbocycles. The summed E-state index contributed by atoms with van der Waals surface area (Å²) < 4.78 is 6.18. The molecule has 240 valence electrons. The van der Waals surface area contributed by atoms with Gasteiger partial charge in [0.05, 0.1) is 0 Å². The first-order valence-corrected chi connectivity index (χ1v) is 16.7. The summed E-state index contributed by atoms with van der Waals surface area (Å²) in [5.74, 6) is -2.12. The summed E-state index contributed by atoms with van der Waals surface area (Å²) in [6.45, 7) is 1.34. The van der Waals surface area contributed by atoms with E-state index in [2.05, 4.69) is 31.0 Å². The first-order valence-electron chi connectivity index (χ1n) is 14.0. The van der Waals surface area contributed by atoms with Gasteiger partial charge in [-0.3, -0.25) is 19.3 Å². The third-order valence-electron chi connectivity index (χ3n) is 7.01. The molecule has 1 fully saturated rings. The van der Waals surface area contributed by atoms with E-state index in [9.17, 15) is 19.2 Å². The van der Waals surface area contributed by atoms with Gasteiger partial charge in [0.2, 0.25) is 11.0 Å². The number of rotatable bonds is 10. The summed E-state index contributed by atoms with van der Waals surface area (Å²) in [4.78, 5) is 63.2. The summed E-state index contributed by atoms with van der Waals surface area (Å²) in [5.41, 5.74) is 7.61. The maximum Gasteiger partial charge on any atom is 0.356 e. The van der Waals surface area contributed by atoms with Crippen LogP contribution >= 0.6 is 34.4 Å². The fraction of sp³-hybridized carbons (Fsp3) is 0.200. The van der Waals surface area contributed by atoms with Gasteiger partial charge in [0.25, 0.3) is 11.8 Å². The number of nitrogens with two attached hydrogens (primary N) is 1. The minimum absolute atomic E-state index is 0.0234. The van der Waals surface area contributed by atoms with Crippen LogP contribution in [0.4, 0.5) is 10.3 Å². The number of anilines is 2. The molecule has 2 aromatic carbocycles. The van der Waals surface area contributed by atoms with Gasteiger partial charge in [0, 0.05) is 23.6 Å². The number of thiazole rings is 1. The van der Waals surface area contributed by atoms with Gasteiger partial charge in [-0.15, -0.1) is 33.3 Å². The lowest BCUT2D eigenvalue weighted by Crippen LogP contribution is -2.71. The van der Waals surface area contributed by atoms with Crippen molar-refractivity contribution in [1.29, 1.82) is 0 Å². The highest BCUT2D eigenvalue weighted by Gasteiger charge is 2.55. The SMILES string of the molecule is CON=C(C(=O)NC1C(=O)N2C(C(=O)OC(c3ccccc3)c3ccccc3)=C(c3nnc(NC(C)=O)s3)CS[C@H]12)c1csc(N)n1. The second-order valence-corrected chi connectivity index (χ2v) is 13.1. The van der Waals surface area contributed by atoms with E-state index in [1.807, 2.05) is 60.7 Å². The number of aromatic nitrogens is 3. The standard InChI is InChI=1S/C30H26N8O6S3/c1-15(39)32-30-36-35-25(47-30)18-13-45-27-21(34-24(40)20(37-43-2)19-14-46-29(31)33-19)26(41)38(27)22(18)28(42)44-23(16-9-5-3-6-10-16)17-11-7-4-8-12-17/h3-12,14,21,23,27H,13H2,1-2H3,(H2,31,33)(H,34,40)(H,32,36,39)/t21?,27-/m1/s1. The van der Waals surface area contributed by atoms with Crippen LogP contribution in [-0.2, 0) is 28.8 Å². The normalized spacial score (nSPS) is 17.6. The highest BCUT2D eigenvalue weighted by atomic mass is 32.2. The van der Waals surface area contributed by atoms with E-state index in [0.717, 1.165) is 33.8 Å². The zero-order valence-electron chi connectivity index (χ0n) is 24.8. The van der Waals surface area contributed by atoms with Gasteiger partial charge in [-0.1, -0.05) is 77.2 Å². The van der Waals surface area contributed by atoms with Crippen LogP contribution in [-0.4, -0.2) is 73.8 Å². The first kappa shape index (κ1) is 31.8. The Labute approximate surface area is 280 Å². The molecule has 2 aliphatic rings. The number of β-lactam (4-membered cyclic amide) rings is 1. The third-order valence-corrected chi connectivity index (χ3v) is 9.86. The molecule has 0 radical (unpaired) electrons. The zero-order chi connectivity index (χ0) is 33.1. The lowest BCUT2D eigenvalue weighted by molar-refractivity contribution is -0.154. The van der Waals surface area contributed by atoms with Gasteiger partial charge in [0.1, 0.15) is 34.9 Å². The van der Waals surface area contributed by atoms with Crippen LogP contribution in [0.25, 0.3) is 5.57 Å². The zero-order valence-corrected chi connectivity index (χ0v) is 27.2. The highest BCUT2D eigenvalue weighted by molar-refractivity contribution is 8.00. The van der Waals surface area contributed by atoms with E-state index in [1.54, 1.807) is 5.38 Å². The summed E-state index contributed by atoms with van der Waals surface area (Å²) in [5, 5.41) is 19.0. The van der Waals surface area contributed by atoms with Crippen LogP contribution in [0.2, 0.25) is 0 Å². The molecule has 14 nitrogen and oxygen atoms in total. The molecule has 2 atom stereocenters. The quantitative estimate of drug-likeness (QED) is 0.0960. The number of oxime groups is 1. The largest absolute Gasteiger partial charge is 0.448 e. The fourth-order valence-electron chi connectivity index (χ4n) is 4.97. The van der Waals surface area contributed by atoms with Crippen molar-refractivity contribution in [2.45, 2.75) is 24.4 Å². The number of amides is 3. The first-order chi connectivity index (χ1) is 22.7. The van der Waals surface area contributed by atoms with Gasteiger partial charge in [0.15, 0.2) is 16.9 Å². The molecule has 4 N–H and O–H groups in total. The molecular weight excluding hydrogens is 665 g/mol. The summed E-state index contributed by atoms with van der Waals surface area (Å²) in [6, 6.07) is 17.5. The lowest BCUT2D eigenvalue weighted by atomic mass is 10.0. The van der Waals surface area contributed by atoms with Crippen LogP contribution in [0.5, 0.6) is 0 Å². The molecule has 2 aromatic heterocycles. The topological polar surface area (TPSA) is 191 Å². The van der Waals surface area contributed by atoms with Crippen LogP contribution in [0.1, 0.15) is 34.9 Å². The van der Waals surface area contributed by atoms with Crippen molar-refractivity contribution in [2.24, 2.45) is 5.16 Å². The minimum atomic E-state index is -1.00. The van der Waals surface area contributed by atoms with E-state index in [0.29, 0.717) is 10.6 Å². The molecule has 1 unspecified atom stereocenters. The van der Waals surface area contributed by atoms with Crippen molar-refractivity contribution < 1.29 is 28.8 Å². The van der Waals surface area contributed by atoms with E-state index < -0.39 is 35.3 Å². The number of carbonyl (C=O) groups is 4. The minimum Gasteiger partial charge on any atom is -0.448 e. The molecule has 47 heavy (non-hydrogen) atoms. The number of hydrogen-bond donors (Lipinski definition) is 3. The van der Waals surface area contributed by atoms with Crippen LogP contribution in [0.3, 0.4) is 0 Å². The Morgan fingerprint density at radius 3 is 2.34 bits per heavy atom. The number of carbonyl (C=O) groups excluding carboxylic acids is 4. The molecular formula is C30H26N8O6S3. The number of fused-ring (bicyclic) bond motifs is 1. The van der Waals surface area contributed by atoms with Gasteiger partial charge >= 0.3 is 5.97 Å². The molecule has 6 rings (SSSR count). The average molecular weight is 691 g/mol. The number of esters is 1. The van der Waals surface area contributed by atoms with Crippen molar-refractivity contribution in [3.63, 3.8) is 0 Å². The molecule has 0 aliphatic carbocycles. The number of nitrogens with zero attached hydrogens (tertiary/aromatic N) is 5. The van der Waals surface area contributed by atoms with Gasteiger partial charge in [-0.05, 0) is 11.1 Å². The number of thioether (sulfide) groups is 1. The summed E-state index contributed by atoms with van der Waals surface area (Å²) in [7, 11) is 1.28. The van der Waals surface area contributed by atoms with E-state index in [-0.39, 0.29) is 39.0 Å². The number of benzene rings is 2. The lowest BCUT2D eigenvalue weighted by Gasteiger charge is -2.49. The molecule has 0 bridgehead atoms. The van der Waals surface area contributed by atoms with Gasteiger partial charge in [-0.25, -0.2) is 9.78 Å². The highest BCUT2D eigenvalue weighted by Crippen LogP contribution is 2.45. The Morgan fingerprint density at radius 1 is 1.06 bits per heavy atom. The van der Waals surface area contributed by atoms with Crippen molar-refractivity contribution in [3.8, 4) is 0 Å².